The van der Waals surface area contributed by atoms with E-state index in [9.17, 15) is 4.79 Å². The summed E-state index contributed by atoms with van der Waals surface area (Å²) < 4.78 is 0. The van der Waals surface area contributed by atoms with Gasteiger partial charge in [-0.15, -0.1) is 10.2 Å². The number of rotatable bonds is 5. The summed E-state index contributed by atoms with van der Waals surface area (Å²) in [6.07, 6.45) is 5.34. The number of nitrogens with zero attached hydrogens (tertiary/aromatic N) is 6. The first-order valence-corrected chi connectivity index (χ1v) is 11.2. The maximum atomic E-state index is 12.1. The Kier molecular flexibility index (Phi) is 5.56. The second-order valence-electron chi connectivity index (χ2n) is 9.15. The van der Waals surface area contributed by atoms with Crippen LogP contribution in [0.3, 0.4) is 0 Å². The molecule has 1 saturated heterocycles. The van der Waals surface area contributed by atoms with E-state index >= 15 is 0 Å². The summed E-state index contributed by atoms with van der Waals surface area (Å²) in [7, 11) is 1.77. The molecule has 4 heterocycles. The van der Waals surface area contributed by atoms with E-state index in [1.807, 2.05) is 25.3 Å². The van der Waals surface area contributed by atoms with Crippen LogP contribution in [0, 0.1) is 34.5 Å². The van der Waals surface area contributed by atoms with Crippen LogP contribution in [-0.2, 0) is 11.3 Å². The van der Waals surface area contributed by atoms with Crippen molar-refractivity contribution in [1.29, 1.82) is 5.26 Å². The number of hydrogen-bond donors (Lipinski definition) is 2. The van der Waals surface area contributed by atoms with Crippen LogP contribution in [-0.4, -0.2) is 51.1 Å². The molecule has 5 rings (SSSR count). The zero-order valence-electron chi connectivity index (χ0n) is 19.1. The molecule has 3 aromatic rings. The van der Waals surface area contributed by atoms with Gasteiger partial charge >= 0.3 is 0 Å². The van der Waals surface area contributed by atoms with Gasteiger partial charge in [0.1, 0.15) is 11.2 Å². The maximum absolute atomic E-state index is 12.1. The lowest BCUT2D eigenvalue weighted by atomic mass is 9.83. The van der Waals surface area contributed by atoms with Gasteiger partial charge in [-0.2, -0.15) is 5.26 Å². The van der Waals surface area contributed by atoms with Crippen molar-refractivity contribution >= 4 is 28.4 Å². The second kappa shape index (κ2) is 8.69. The minimum absolute atomic E-state index is 0.0241. The first-order chi connectivity index (χ1) is 16.5. The number of pyridine rings is 2. The van der Waals surface area contributed by atoms with Gasteiger partial charge in [0.2, 0.25) is 5.91 Å². The van der Waals surface area contributed by atoms with Crippen LogP contribution in [0.25, 0.3) is 10.9 Å². The summed E-state index contributed by atoms with van der Waals surface area (Å²) in [4.78, 5) is 23.2. The van der Waals surface area contributed by atoms with E-state index in [4.69, 9.17) is 5.26 Å². The molecule has 0 spiro atoms. The van der Waals surface area contributed by atoms with Gasteiger partial charge in [0, 0.05) is 50.4 Å². The molecule has 0 radical (unpaired) electrons. The molecule has 2 N–H and O–H groups in total. The zero-order chi connectivity index (χ0) is 23.7. The van der Waals surface area contributed by atoms with Crippen LogP contribution in [0.2, 0.25) is 0 Å². The largest absolute Gasteiger partial charge is 0.371 e. The van der Waals surface area contributed by atoms with Gasteiger partial charge in [-0.1, -0.05) is 12.0 Å². The number of amides is 1. The third-order valence-electron chi connectivity index (χ3n) is 6.04. The highest BCUT2D eigenvalue weighted by Gasteiger charge is 2.38. The van der Waals surface area contributed by atoms with Crippen molar-refractivity contribution in [2.75, 3.05) is 30.8 Å². The highest BCUT2D eigenvalue weighted by molar-refractivity contribution is 5.97. The van der Waals surface area contributed by atoms with Gasteiger partial charge in [0.05, 0.1) is 17.0 Å². The zero-order valence-corrected chi connectivity index (χ0v) is 19.1. The van der Waals surface area contributed by atoms with Crippen LogP contribution in [0.4, 0.5) is 11.6 Å². The monoisotopic (exact) mass is 452 g/mol. The molecule has 2 fully saturated rings. The molecule has 1 saturated carbocycles. The van der Waals surface area contributed by atoms with Gasteiger partial charge in [0.15, 0.2) is 11.6 Å². The lowest BCUT2D eigenvalue weighted by molar-refractivity contribution is -0.117. The molecule has 0 bridgehead atoms. The minimum Gasteiger partial charge on any atom is -0.371 e. The van der Waals surface area contributed by atoms with Crippen molar-refractivity contribution in [3.05, 3.63) is 47.4 Å². The molecular weight excluding hydrogens is 428 g/mol. The maximum Gasteiger partial charge on any atom is 0.228 e. The van der Waals surface area contributed by atoms with Gasteiger partial charge in [0.25, 0.3) is 0 Å². The predicted octanol–water partition coefficient (Wildman–Crippen LogP) is 2.56. The lowest BCUT2D eigenvalue weighted by Gasteiger charge is -2.43. The van der Waals surface area contributed by atoms with Crippen LogP contribution in [0.15, 0.2) is 30.6 Å². The number of fused-ring (bicyclic) bond motifs is 1. The van der Waals surface area contributed by atoms with E-state index in [0.717, 1.165) is 43.4 Å². The van der Waals surface area contributed by atoms with Gasteiger partial charge < -0.3 is 10.6 Å². The first-order valence-electron chi connectivity index (χ1n) is 11.2. The number of nitriles is 1. The molecule has 9 heteroatoms. The molecule has 3 aromatic heterocycles. The minimum atomic E-state index is -0.233. The third kappa shape index (κ3) is 4.52. The van der Waals surface area contributed by atoms with Gasteiger partial charge in [-0.3, -0.25) is 9.69 Å². The normalized spacial score (nSPS) is 16.6. The summed E-state index contributed by atoms with van der Waals surface area (Å²) in [5.74, 6) is 7.29. The number of hydrogen-bond acceptors (Lipinski definition) is 8. The first kappa shape index (κ1) is 21.7. The van der Waals surface area contributed by atoms with Crippen molar-refractivity contribution in [2.24, 2.45) is 11.3 Å². The molecule has 1 aliphatic heterocycles. The summed E-state index contributed by atoms with van der Waals surface area (Å²) in [5.41, 5.74) is 2.75. The summed E-state index contributed by atoms with van der Waals surface area (Å²) >= 11 is 0. The van der Waals surface area contributed by atoms with Crippen molar-refractivity contribution in [3.63, 3.8) is 0 Å². The summed E-state index contributed by atoms with van der Waals surface area (Å²) in [6.45, 7) is 4.31. The van der Waals surface area contributed by atoms with E-state index in [1.165, 1.54) is 0 Å². The Morgan fingerprint density at radius 3 is 2.71 bits per heavy atom. The average Bonchev–Trinajstić information content (AvgIpc) is 3.68. The number of aromatic nitrogens is 4. The molecule has 0 aromatic carbocycles. The Balaban J connectivity index is 1.35. The molecule has 1 amide bonds. The van der Waals surface area contributed by atoms with E-state index in [1.54, 1.807) is 19.3 Å². The molecule has 1 aliphatic carbocycles. The quantitative estimate of drug-likeness (QED) is 0.567. The Morgan fingerprint density at radius 1 is 1.21 bits per heavy atom. The number of carbonyl (C=O) groups is 1. The molecule has 34 heavy (non-hydrogen) atoms. The fourth-order valence-electron chi connectivity index (χ4n) is 4.05. The Hall–Kier alpha value is -4.08. The van der Waals surface area contributed by atoms with Gasteiger partial charge in [-0.05, 0) is 43.4 Å². The fourth-order valence-corrected chi connectivity index (χ4v) is 4.05. The number of carbonyl (C=O) groups excluding carboxylic acids is 1. The Morgan fingerprint density at radius 2 is 2.03 bits per heavy atom. The predicted molar refractivity (Wildman–Crippen MR) is 127 cm³/mol. The topological polar surface area (TPSA) is 120 Å². The van der Waals surface area contributed by atoms with E-state index in [-0.39, 0.29) is 17.2 Å². The van der Waals surface area contributed by atoms with Crippen molar-refractivity contribution < 1.29 is 4.79 Å². The highest BCUT2D eigenvalue weighted by atomic mass is 16.2. The molecule has 0 atom stereocenters. The standard InChI is InChI=1S/C25H24N8O/c1-25(13-26)14-33(15-25)12-16-3-7-19(28-10-16)8-6-18-11-29-23(27-2)22-20(18)9-21(31-32-22)30-24(34)17-4-5-17/h3,7,9-11,17H,4-5,12,14-15H2,1-2H3,(H,27,29)(H,30,31,34). The summed E-state index contributed by atoms with van der Waals surface area (Å²) in [5, 5.41) is 24.2. The molecule has 9 nitrogen and oxygen atoms in total. The number of likely N-dealkylation sites (tertiary alicyclic amines) is 1. The number of nitrogens with one attached hydrogen (secondary N) is 2. The van der Waals surface area contributed by atoms with Crippen molar-refractivity contribution in [3.8, 4) is 17.9 Å². The van der Waals surface area contributed by atoms with Gasteiger partial charge in [-0.25, -0.2) is 9.97 Å². The Labute approximate surface area is 197 Å². The van der Waals surface area contributed by atoms with E-state index in [2.05, 4.69) is 53.6 Å². The molecule has 170 valence electrons. The van der Waals surface area contributed by atoms with Crippen molar-refractivity contribution in [1.82, 2.24) is 25.1 Å². The second-order valence-corrected chi connectivity index (χ2v) is 9.15. The molecule has 2 aliphatic rings. The SMILES string of the molecule is CNc1ncc(C#Cc2ccc(CN3CC(C)(C#N)C3)cn2)c2cc(NC(=O)C3CC3)nnc12. The lowest BCUT2D eigenvalue weighted by Crippen LogP contribution is -2.53. The highest BCUT2D eigenvalue weighted by Crippen LogP contribution is 2.31. The van der Waals surface area contributed by atoms with E-state index in [0.29, 0.717) is 28.4 Å². The average molecular weight is 453 g/mol. The van der Waals surface area contributed by atoms with Crippen molar-refractivity contribution in [2.45, 2.75) is 26.3 Å². The summed E-state index contributed by atoms with van der Waals surface area (Å²) in [6, 6.07) is 8.05. The Bertz CT molecular complexity index is 1360. The van der Waals surface area contributed by atoms with Crippen LogP contribution in [0.5, 0.6) is 0 Å². The van der Waals surface area contributed by atoms with Crippen LogP contribution in [0.1, 0.15) is 36.6 Å². The number of anilines is 2. The fraction of sp³-hybridized carbons (Fsp3) is 0.360. The van der Waals surface area contributed by atoms with Crippen LogP contribution >= 0.6 is 0 Å². The molecular formula is C25H24N8O. The van der Waals surface area contributed by atoms with Crippen LogP contribution < -0.4 is 10.6 Å². The third-order valence-corrected chi connectivity index (χ3v) is 6.04. The molecule has 0 unspecified atom stereocenters. The smallest absolute Gasteiger partial charge is 0.228 e. The van der Waals surface area contributed by atoms with E-state index < -0.39 is 0 Å².